The Labute approximate surface area is 213 Å². The maximum atomic E-state index is 11.7. The highest BCUT2D eigenvalue weighted by atomic mass is 16.4. The molecule has 0 radical (unpaired) electrons. The fraction of sp³-hybridized carbons (Fsp3) is 0.636. The van der Waals surface area contributed by atoms with E-state index < -0.39 is 88.7 Å². The smallest absolute Gasteiger partial charge is 0.324 e. The van der Waals surface area contributed by atoms with Gasteiger partial charge in [-0.1, -0.05) is 32.1 Å². The molecule has 2 aliphatic carbocycles. The average Bonchev–Trinajstić information content (AvgIpc) is 2.76. The van der Waals surface area contributed by atoms with Gasteiger partial charge in [0.1, 0.15) is 0 Å². The molecule has 0 aliphatic heterocycles. The van der Waals surface area contributed by atoms with Crippen molar-refractivity contribution >= 4 is 47.8 Å². The second kappa shape index (κ2) is 11.4. The molecule has 16 heteroatoms. The minimum atomic E-state index is -4.17. The van der Waals surface area contributed by atoms with Gasteiger partial charge in [-0.2, -0.15) is 0 Å². The summed E-state index contributed by atoms with van der Waals surface area (Å²) >= 11 is 0. The van der Waals surface area contributed by atoms with Crippen LogP contribution in [-0.4, -0.2) is 88.6 Å². The van der Waals surface area contributed by atoms with Crippen LogP contribution in [0.4, 0.5) is 0 Å². The second-order valence-corrected chi connectivity index (χ2v) is 9.21. The summed E-state index contributed by atoms with van der Waals surface area (Å²) < 4.78 is 0. The van der Waals surface area contributed by atoms with Gasteiger partial charge in [0, 0.05) is 0 Å². The highest BCUT2D eigenvalue weighted by molar-refractivity contribution is 6.20. The van der Waals surface area contributed by atoms with Gasteiger partial charge in [0.05, 0.1) is 0 Å². The van der Waals surface area contributed by atoms with Gasteiger partial charge in [0.2, 0.25) is 5.41 Å². The van der Waals surface area contributed by atoms with Crippen LogP contribution in [0.5, 0.6) is 0 Å². The highest BCUT2D eigenvalue weighted by Crippen LogP contribution is 2.61. The summed E-state index contributed by atoms with van der Waals surface area (Å²) in [5.41, 5.74) is -13.1. The second-order valence-electron chi connectivity index (χ2n) is 9.21. The summed E-state index contributed by atoms with van der Waals surface area (Å²) in [5.74, 6) is -17.5. The molecule has 38 heavy (non-hydrogen) atoms. The third kappa shape index (κ3) is 4.50. The summed E-state index contributed by atoms with van der Waals surface area (Å²) in [6.45, 7) is 0. The molecule has 0 bridgehead atoms. The van der Waals surface area contributed by atoms with Gasteiger partial charge in [-0.25, -0.2) is 0 Å². The third-order valence-electron chi connectivity index (χ3n) is 7.51. The quantitative estimate of drug-likeness (QED) is 0.192. The van der Waals surface area contributed by atoms with Crippen LogP contribution in [-0.2, 0) is 38.4 Å². The maximum Gasteiger partial charge on any atom is 0.324 e. The van der Waals surface area contributed by atoms with Crippen LogP contribution >= 0.6 is 0 Å². The van der Waals surface area contributed by atoms with Gasteiger partial charge in [-0.05, 0) is 32.1 Å². The lowest BCUT2D eigenvalue weighted by Gasteiger charge is -2.50. The number of aliphatic carboxylic acids is 8. The highest BCUT2D eigenvalue weighted by Gasteiger charge is 2.85. The number of rotatable bonds is 8. The molecule has 0 amide bonds. The predicted molar refractivity (Wildman–Crippen MR) is 117 cm³/mol. The lowest BCUT2D eigenvalue weighted by atomic mass is 9.44. The minimum absolute atomic E-state index is 0.275. The predicted octanol–water partition coefficient (Wildman–Crippen LogP) is 0.523. The van der Waals surface area contributed by atoms with Crippen molar-refractivity contribution < 1.29 is 79.2 Å². The molecule has 2 fully saturated rings. The van der Waals surface area contributed by atoms with E-state index in [2.05, 4.69) is 0 Å². The summed E-state index contributed by atoms with van der Waals surface area (Å²) in [7, 11) is 0. The number of hydrogen-bond acceptors (Lipinski definition) is 8. The zero-order valence-corrected chi connectivity index (χ0v) is 19.9. The van der Waals surface area contributed by atoms with Gasteiger partial charge in [0.25, 0.3) is 0 Å². The Hall–Kier alpha value is -4.24. The first-order chi connectivity index (χ1) is 17.5. The van der Waals surface area contributed by atoms with Crippen molar-refractivity contribution in [3.05, 3.63) is 0 Å². The van der Waals surface area contributed by atoms with E-state index in [-0.39, 0.29) is 12.8 Å². The number of carboxylic acid groups (broad SMARTS) is 8. The minimum Gasteiger partial charge on any atom is -0.480 e. The lowest BCUT2D eigenvalue weighted by Crippen LogP contribution is -2.74. The molecule has 8 N–H and O–H groups in total. The topological polar surface area (TPSA) is 298 Å². The lowest BCUT2D eigenvalue weighted by molar-refractivity contribution is -0.225. The van der Waals surface area contributed by atoms with Crippen LogP contribution in [0.25, 0.3) is 0 Å². The van der Waals surface area contributed by atoms with Crippen molar-refractivity contribution in [2.24, 2.45) is 21.7 Å². The fourth-order valence-electron chi connectivity index (χ4n) is 5.46. The Balaban J connectivity index is 0.000000437. The van der Waals surface area contributed by atoms with Gasteiger partial charge in [-0.15, -0.1) is 0 Å². The molecule has 0 aromatic carbocycles. The van der Waals surface area contributed by atoms with Crippen LogP contribution in [0.1, 0.15) is 64.2 Å². The molecule has 0 unspecified atom stereocenters. The molecule has 16 nitrogen and oxygen atoms in total. The molecule has 2 rings (SSSR count). The van der Waals surface area contributed by atoms with Crippen molar-refractivity contribution in [3.8, 4) is 0 Å². The first-order valence-electron chi connectivity index (χ1n) is 11.3. The molecule has 0 saturated heterocycles. The Morgan fingerprint density at radius 3 is 0.868 bits per heavy atom. The zero-order valence-electron chi connectivity index (χ0n) is 19.9. The molecule has 212 valence electrons. The largest absolute Gasteiger partial charge is 0.480 e. The number of hydrogen-bond donors (Lipinski definition) is 8. The van der Waals surface area contributed by atoms with Crippen LogP contribution in [0.2, 0.25) is 0 Å². The Morgan fingerprint density at radius 2 is 0.632 bits per heavy atom. The van der Waals surface area contributed by atoms with Crippen LogP contribution in [0.3, 0.4) is 0 Å². The standard InChI is InChI=1S/C12H12O12.C10H16O4/c13-4(14)10(5(15)16)2-1-3-11(6(17)18,7(19)20)12(10,8(21)22)9(23)24;11-8(12)10(9(13)14)6-4-2-1-3-5-7-10/h1-3H2,(H,13,14)(H,15,16)(H,17,18)(H,19,20)(H,21,22)(H,23,24);1-7H2,(H,11,12)(H,13,14). The van der Waals surface area contributed by atoms with Gasteiger partial charge >= 0.3 is 47.8 Å². The van der Waals surface area contributed by atoms with Crippen molar-refractivity contribution in [1.82, 2.24) is 0 Å². The van der Waals surface area contributed by atoms with Crippen molar-refractivity contribution in [3.63, 3.8) is 0 Å². The molecule has 0 aromatic rings. The summed E-state index contributed by atoms with van der Waals surface area (Å²) in [6.07, 6.45) is 2.17. The molecular formula is C22H28O16. The monoisotopic (exact) mass is 548 g/mol. The van der Waals surface area contributed by atoms with Crippen LogP contribution in [0.15, 0.2) is 0 Å². The first kappa shape index (κ1) is 31.8. The van der Waals surface area contributed by atoms with Crippen molar-refractivity contribution in [1.29, 1.82) is 0 Å². The fourth-order valence-corrected chi connectivity index (χ4v) is 5.46. The number of carbonyl (C=O) groups is 8. The molecule has 2 saturated carbocycles. The summed E-state index contributed by atoms with van der Waals surface area (Å²) in [6, 6.07) is 0. The molecule has 2 aliphatic rings. The first-order valence-corrected chi connectivity index (χ1v) is 11.3. The van der Waals surface area contributed by atoms with Gasteiger partial charge < -0.3 is 40.9 Å². The summed E-state index contributed by atoms with van der Waals surface area (Å²) in [5, 5.41) is 74.0. The summed E-state index contributed by atoms with van der Waals surface area (Å²) in [4.78, 5) is 91.8. The average molecular weight is 548 g/mol. The normalized spacial score (nSPS) is 21.1. The van der Waals surface area contributed by atoms with E-state index in [9.17, 15) is 69.0 Å². The van der Waals surface area contributed by atoms with Crippen molar-refractivity contribution in [2.75, 3.05) is 0 Å². The molecule has 0 heterocycles. The van der Waals surface area contributed by atoms with E-state index in [0.717, 1.165) is 19.3 Å². The molecule has 0 atom stereocenters. The van der Waals surface area contributed by atoms with E-state index >= 15 is 0 Å². The maximum absolute atomic E-state index is 11.7. The SMILES string of the molecule is O=C(O)C1(C(=O)O)CCCC(C(=O)O)(C(=O)O)C1(C(=O)O)C(=O)O.O=C(O)C1(C(=O)O)CCCCCCC1. The Bertz CT molecular complexity index is 932. The van der Waals surface area contributed by atoms with Crippen molar-refractivity contribution in [2.45, 2.75) is 64.2 Å². The van der Waals surface area contributed by atoms with Gasteiger partial charge in [-0.3, -0.25) is 38.4 Å². The number of carboxylic acids is 8. The third-order valence-corrected chi connectivity index (χ3v) is 7.51. The van der Waals surface area contributed by atoms with E-state index in [4.69, 9.17) is 10.2 Å². The molecular weight excluding hydrogens is 520 g/mol. The Morgan fingerprint density at radius 1 is 0.342 bits per heavy atom. The van der Waals surface area contributed by atoms with Crippen LogP contribution < -0.4 is 0 Å². The molecule has 0 aromatic heterocycles. The Kier molecular flexibility index (Phi) is 9.57. The molecule has 0 spiro atoms. The van der Waals surface area contributed by atoms with E-state index in [1.165, 1.54) is 0 Å². The van der Waals surface area contributed by atoms with E-state index in [1.807, 2.05) is 0 Å². The van der Waals surface area contributed by atoms with E-state index in [1.54, 1.807) is 0 Å². The van der Waals surface area contributed by atoms with E-state index in [0.29, 0.717) is 12.8 Å². The van der Waals surface area contributed by atoms with Crippen LogP contribution in [0, 0.1) is 21.7 Å². The van der Waals surface area contributed by atoms with Gasteiger partial charge in [0.15, 0.2) is 16.2 Å². The zero-order chi connectivity index (χ0) is 29.7.